The lowest BCUT2D eigenvalue weighted by Crippen LogP contribution is -2.51. The number of amides is 1. The molecule has 0 unspecified atom stereocenters. The van der Waals surface area contributed by atoms with Crippen LogP contribution in [0.5, 0.6) is 0 Å². The summed E-state index contributed by atoms with van der Waals surface area (Å²) in [4.78, 5) is 19.4. The first-order valence-electron chi connectivity index (χ1n) is 6.97. The third-order valence-corrected chi connectivity index (χ3v) is 5.05. The fraction of sp³-hybridized carbons (Fsp3) is 0.500. The van der Waals surface area contributed by atoms with Crippen molar-refractivity contribution in [3.8, 4) is 10.7 Å². The Morgan fingerprint density at radius 3 is 2.90 bits per heavy atom. The molecule has 2 aliphatic rings. The summed E-state index contributed by atoms with van der Waals surface area (Å²) in [6.07, 6.45) is 3.31. The Morgan fingerprint density at radius 1 is 1.40 bits per heavy atom. The predicted molar refractivity (Wildman–Crippen MR) is 74.3 cm³/mol. The maximum atomic E-state index is 12.0. The SMILES string of the molecule is O=C(C1CCC1)N1CC(c2nc(-c3cccs3)no2)C1. The van der Waals surface area contributed by atoms with E-state index in [9.17, 15) is 4.79 Å². The molecule has 0 radical (unpaired) electrons. The van der Waals surface area contributed by atoms with Crippen LogP contribution in [0.15, 0.2) is 22.0 Å². The molecular weight excluding hydrogens is 274 g/mol. The molecule has 1 saturated heterocycles. The summed E-state index contributed by atoms with van der Waals surface area (Å²) in [5.41, 5.74) is 0. The summed E-state index contributed by atoms with van der Waals surface area (Å²) in [5, 5.41) is 6.01. The minimum atomic E-state index is 0.209. The number of carbonyl (C=O) groups excluding carboxylic acids is 1. The Balaban J connectivity index is 1.40. The predicted octanol–water partition coefficient (Wildman–Crippen LogP) is 2.52. The minimum absolute atomic E-state index is 0.209. The van der Waals surface area contributed by atoms with Crippen molar-refractivity contribution in [3.63, 3.8) is 0 Å². The number of hydrogen-bond donors (Lipinski definition) is 0. The van der Waals surface area contributed by atoms with Crippen LogP contribution in [0.4, 0.5) is 0 Å². The quantitative estimate of drug-likeness (QED) is 0.871. The Morgan fingerprint density at radius 2 is 2.25 bits per heavy atom. The average molecular weight is 289 g/mol. The molecule has 3 heterocycles. The topological polar surface area (TPSA) is 59.2 Å². The van der Waals surface area contributed by atoms with Crippen molar-refractivity contribution in [2.75, 3.05) is 13.1 Å². The van der Waals surface area contributed by atoms with Crippen molar-refractivity contribution in [2.24, 2.45) is 5.92 Å². The number of thiophene rings is 1. The second kappa shape index (κ2) is 4.70. The largest absolute Gasteiger partial charge is 0.341 e. The van der Waals surface area contributed by atoms with Gasteiger partial charge in [0, 0.05) is 19.0 Å². The van der Waals surface area contributed by atoms with Gasteiger partial charge < -0.3 is 9.42 Å². The van der Waals surface area contributed by atoms with Crippen LogP contribution < -0.4 is 0 Å². The third kappa shape index (κ3) is 1.95. The number of likely N-dealkylation sites (tertiary alicyclic amines) is 1. The van der Waals surface area contributed by atoms with Crippen LogP contribution in [0.25, 0.3) is 10.7 Å². The molecule has 20 heavy (non-hydrogen) atoms. The lowest BCUT2D eigenvalue weighted by atomic mass is 9.83. The molecule has 0 spiro atoms. The maximum Gasteiger partial charge on any atom is 0.233 e. The normalized spacial score (nSPS) is 19.7. The van der Waals surface area contributed by atoms with Crippen LogP contribution in [0.1, 0.15) is 31.1 Å². The fourth-order valence-corrected chi connectivity index (χ4v) is 3.28. The highest BCUT2D eigenvalue weighted by Crippen LogP contribution is 2.34. The summed E-state index contributed by atoms with van der Waals surface area (Å²) >= 11 is 1.60. The Bertz CT molecular complexity index is 612. The van der Waals surface area contributed by atoms with Gasteiger partial charge in [0.2, 0.25) is 17.6 Å². The first-order valence-corrected chi connectivity index (χ1v) is 7.85. The molecule has 4 rings (SSSR count). The van der Waals surface area contributed by atoms with Gasteiger partial charge in [-0.2, -0.15) is 4.98 Å². The Labute approximate surface area is 120 Å². The number of aromatic nitrogens is 2. The zero-order chi connectivity index (χ0) is 13.5. The van der Waals surface area contributed by atoms with Crippen LogP contribution >= 0.6 is 11.3 Å². The average Bonchev–Trinajstić information content (AvgIpc) is 2.94. The molecule has 0 atom stereocenters. The monoisotopic (exact) mass is 289 g/mol. The maximum absolute atomic E-state index is 12.0. The smallest absolute Gasteiger partial charge is 0.233 e. The Hall–Kier alpha value is -1.69. The molecule has 2 fully saturated rings. The van der Waals surface area contributed by atoms with Crippen molar-refractivity contribution >= 4 is 17.2 Å². The summed E-state index contributed by atoms with van der Waals surface area (Å²) < 4.78 is 5.33. The van der Waals surface area contributed by atoms with E-state index >= 15 is 0 Å². The molecule has 1 aliphatic carbocycles. The highest BCUT2D eigenvalue weighted by Gasteiger charge is 2.39. The molecule has 1 aliphatic heterocycles. The van der Waals surface area contributed by atoms with E-state index in [-0.39, 0.29) is 11.8 Å². The summed E-state index contributed by atoms with van der Waals surface area (Å²) in [6.45, 7) is 1.45. The lowest BCUT2D eigenvalue weighted by Gasteiger charge is -2.41. The van der Waals surface area contributed by atoms with E-state index < -0.39 is 0 Å². The summed E-state index contributed by atoms with van der Waals surface area (Å²) in [6, 6.07) is 3.95. The second-order valence-corrected chi connectivity index (χ2v) is 6.45. The van der Waals surface area contributed by atoms with Gasteiger partial charge >= 0.3 is 0 Å². The van der Waals surface area contributed by atoms with Gasteiger partial charge in [-0.05, 0) is 24.3 Å². The number of hydrogen-bond acceptors (Lipinski definition) is 5. The molecule has 104 valence electrons. The van der Waals surface area contributed by atoms with E-state index in [2.05, 4.69) is 10.1 Å². The van der Waals surface area contributed by atoms with Crippen LogP contribution in [0.3, 0.4) is 0 Å². The summed E-state index contributed by atoms with van der Waals surface area (Å²) in [5.74, 6) is 2.11. The van der Waals surface area contributed by atoms with Crippen molar-refractivity contribution in [1.82, 2.24) is 15.0 Å². The standard InChI is InChI=1S/C14H15N3O2S/c18-14(9-3-1-4-9)17-7-10(8-17)13-15-12(16-19-13)11-5-2-6-20-11/h2,5-6,9-10H,1,3-4,7-8H2. The van der Waals surface area contributed by atoms with E-state index in [0.29, 0.717) is 17.6 Å². The first kappa shape index (κ1) is 12.1. The van der Waals surface area contributed by atoms with Crippen LogP contribution in [-0.4, -0.2) is 34.0 Å². The number of rotatable bonds is 3. The number of nitrogens with zero attached hydrogens (tertiary/aromatic N) is 3. The molecule has 5 nitrogen and oxygen atoms in total. The van der Waals surface area contributed by atoms with Gasteiger partial charge in [-0.1, -0.05) is 17.6 Å². The molecule has 1 saturated carbocycles. The molecular formula is C14H15N3O2S. The fourth-order valence-electron chi connectivity index (χ4n) is 2.64. The highest BCUT2D eigenvalue weighted by atomic mass is 32.1. The summed E-state index contributed by atoms with van der Waals surface area (Å²) in [7, 11) is 0. The molecule has 0 aromatic carbocycles. The number of carbonyl (C=O) groups is 1. The van der Waals surface area contributed by atoms with Gasteiger partial charge in [-0.15, -0.1) is 11.3 Å². The Kier molecular flexibility index (Phi) is 2.84. The minimum Gasteiger partial charge on any atom is -0.341 e. The third-order valence-electron chi connectivity index (χ3n) is 4.18. The van der Waals surface area contributed by atoms with Gasteiger partial charge in [-0.3, -0.25) is 4.79 Å². The van der Waals surface area contributed by atoms with Crippen molar-refractivity contribution in [2.45, 2.75) is 25.2 Å². The van der Waals surface area contributed by atoms with Gasteiger partial charge in [0.05, 0.1) is 10.8 Å². The molecule has 1 amide bonds. The van der Waals surface area contributed by atoms with Crippen LogP contribution in [-0.2, 0) is 4.79 Å². The lowest BCUT2D eigenvalue weighted by molar-refractivity contribution is -0.143. The van der Waals surface area contributed by atoms with Gasteiger partial charge in [-0.25, -0.2) is 0 Å². The zero-order valence-corrected chi connectivity index (χ0v) is 11.8. The second-order valence-electron chi connectivity index (χ2n) is 5.50. The van der Waals surface area contributed by atoms with E-state index in [4.69, 9.17) is 4.52 Å². The van der Waals surface area contributed by atoms with E-state index in [0.717, 1.165) is 30.8 Å². The van der Waals surface area contributed by atoms with Crippen molar-refractivity contribution < 1.29 is 9.32 Å². The molecule has 0 bridgehead atoms. The van der Waals surface area contributed by atoms with Gasteiger partial charge in [0.15, 0.2) is 0 Å². The molecule has 0 N–H and O–H groups in total. The van der Waals surface area contributed by atoms with E-state index in [1.54, 1.807) is 11.3 Å². The first-order chi connectivity index (χ1) is 9.81. The van der Waals surface area contributed by atoms with Gasteiger partial charge in [0.1, 0.15) is 0 Å². The molecule has 6 heteroatoms. The zero-order valence-electron chi connectivity index (χ0n) is 11.0. The van der Waals surface area contributed by atoms with Crippen molar-refractivity contribution in [1.29, 1.82) is 0 Å². The molecule has 2 aromatic rings. The van der Waals surface area contributed by atoms with E-state index in [1.807, 2.05) is 22.4 Å². The van der Waals surface area contributed by atoms with Gasteiger partial charge in [0.25, 0.3) is 0 Å². The van der Waals surface area contributed by atoms with Crippen LogP contribution in [0.2, 0.25) is 0 Å². The van der Waals surface area contributed by atoms with Crippen molar-refractivity contribution in [3.05, 3.63) is 23.4 Å². The van der Waals surface area contributed by atoms with Crippen LogP contribution in [0, 0.1) is 5.92 Å². The van der Waals surface area contributed by atoms with E-state index in [1.165, 1.54) is 6.42 Å². The highest BCUT2D eigenvalue weighted by molar-refractivity contribution is 7.13. The molecule has 2 aromatic heterocycles.